The molecule has 0 aliphatic carbocycles. The van der Waals surface area contributed by atoms with Gasteiger partial charge in [0.25, 0.3) is 0 Å². The first-order chi connectivity index (χ1) is 6.92. The van der Waals surface area contributed by atoms with Gasteiger partial charge in [-0.25, -0.2) is 4.79 Å². The third kappa shape index (κ3) is 3.80. The molecule has 2 N–H and O–H groups in total. The number of terminal acetylenes is 1. The van der Waals surface area contributed by atoms with Gasteiger partial charge < -0.3 is 15.4 Å². The monoisotopic (exact) mass is 210 g/mol. The van der Waals surface area contributed by atoms with Crippen LogP contribution in [-0.4, -0.2) is 30.8 Å². The summed E-state index contributed by atoms with van der Waals surface area (Å²) in [4.78, 5) is 11.4. The van der Waals surface area contributed by atoms with Crippen LogP contribution < -0.4 is 10.6 Å². The molecule has 15 heavy (non-hydrogen) atoms. The molecule has 0 spiro atoms. The summed E-state index contributed by atoms with van der Waals surface area (Å²) in [5.74, 6) is 2.70. The maximum atomic E-state index is 11.4. The summed E-state index contributed by atoms with van der Waals surface area (Å²) in [6.45, 7) is 6.94. The van der Waals surface area contributed by atoms with Gasteiger partial charge in [0.2, 0.25) is 0 Å². The van der Waals surface area contributed by atoms with Crippen LogP contribution >= 0.6 is 0 Å². The molecule has 1 saturated heterocycles. The number of nitrogens with one attached hydrogen (secondary N) is 2. The molecule has 0 aromatic rings. The van der Waals surface area contributed by atoms with Crippen LogP contribution in [0.1, 0.15) is 20.8 Å². The fraction of sp³-hybridized carbons (Fsp3) is 0.727. The van der Waals surface area contributed by atoms with Crippen LogP contribution in [0.2, 0.25) is 0 Å². The number of rotatable bonds is 1. The van der Waals surface area contributed by atoms with Crippen molar-refractivity contribution in [3.63, 3.8) is 0 Å². The first-order valence-electron chi connectivity index (χ1n) is 5.09. The first-order valence-corrected chi connectivity index (χ1v) is 5.09. The molecule has 2 atom stereocenters. The lowest BCUT2D eigenvalue weighted by atomic mass is 10.1. The molecule has 1 amide bonds. The number of hydrogen-bond acceptors (Lipinski definition) is 3. The van der Waals surface area contributed by atoms with Crippen molar-refractivity contribution < 1.29 is 9.53 Å². The summed E-state index contributed by atoms with van der Waals surface area (Å²) in [6, 6.07) is -0.0233. The van der Waals surface area contributed by atoms with Crippen molar-refractivity contribution in [1.29, 1.82) is 0 Å². The lowest BCUT2D eigenvalue weighted by molar-refractivity contribution is 0.0503. The zero-order chi connectivity index (χ0) is 11.5. The van der Waals surface area contributed by atoms with Crippen LogP contribution in [0, 0.1) is 18.3 Å². The van der Waals surface area contributed by atoms with E-state index >= 15 is 0 Å². The van der Waals surface area contributed by atoms with E-state index in [0.717, 1.165) is 6.54 Å². The SMILES string of the molecule is C#C[C@H]1CNC[C@H]1NC(=O)OC(C)(C)C. The van der Waals surface area contributed by atoms with Crippen LogP contribution in [-0.2, 0) is 4.74 Å². The second-order valence-corrected chi connectivity index (χ2v) is 4.68. The minimum atomic E-state index is -0.470. The minimum absolute atomic E-state index is 0.0233. The van der Waals surface area contributed by atoms with E-state index in [2.05, 4.69) is 16.6 Å². The average molecular weight is 210 g/mol. The van der Waals surface area contributed by atoms with E-state index in [4.69, 9.17) is 11.2 Å². The van der Waals surface area contributed by atoms with E-state index in [9.17, 15) is 4.79 Å². The number of carbonyl (C=O) groups excluding carboxylic acids is 1. The summed E-state index contributed by atoms with van der Waals surface area (Å²) < 4.78 is 5.15. The standard InChI is InChI=1S/C11H18N2O2/c1-5-8-6-12-7-9(8)13-10(14)15-11(2,3)4/h1,8-9,12H,6-7H2,2-4H3,(H,13,14)/t8-,9+/m0/s1. The number of alkyl carbamates (subject to hydrolysis) is 1. The summed E-state index contributed by atoms with van der Waals surface area (Å²) in [6.07, 6.45) is 4.94. The zero-order valence-electron chi connectivity index (χ0n) is 9.46. The van der Waals surface area contributed by atoms with Crippen molar-refractivity contribution in [1.82, 2.24) is 10.6 Å². The highest BCUT2D eigenvalue weighted by Crippen LogP contribution is 2.10. The molecule has 4 heteroatoms. The molecule has 1 aliphatic heterocycles. The van der Waals surface area contributed by atoms with Crippen molar-refractivity contribution in [3.8, 4) is 12.3 Å². The van der Waals surface area contributed by atoms with Gasteiger partial charge in [0, 0.05) is 13.1 Å². The van der Waals surface area contributed by atoms with E-state index in [0.29, 0.717) is 6.54 Å². The summed E-state index contributed by atoms with van der Waals surface area (Å²) in [5.41, 5.74) is -0.470. The minimum Gasteiger partial charge on any atom is -0.444 e. The molecule has 0 bridgehead atoms. The first kappa shape index (κ1) is 11.9. The van der Waals surface area contributed by atoms with E-state index in [1.54, 1.807) is 0 Å². The largest absolute Gasteiger partial charge is 0.444 e. The topological polar surface area (TPSA) is 50.4 Å². The van der Waals surface area contributed by atoms with Gasteiger partial charge in [-0.2, -0.15) is 0 Å². The molecule has 0 radical (unpaired) electrons. The second kappa shape index (κ2) is 4.54. The average Bonchev–Trinajstić information content (AvgIpc) is 2.48. The van der Waals surface area contributed by atoms with E-state index in [1.165, 1.54) is 0 Å². The van der Waals surface area contributed by atoms with Crippen LogP contribution in [0.3, 0.4) is 0 Å². The van der Waals surface area contributed by atoms with Gasteiger partial charge in [-0.3, -0.25) is 0 Å². The van der Waals surface area contributed by atoms with Crippen molar-refractivity contribution >= 4 is 6.09 Å². The van der Waals surface area contributed by atoms with Gasteiger partial charge in [-0.15, -0.1) is 6.42 Å². The number of carbonyl (C=O) groups is 1. The molecule has 4 nitrogen and oxygen atoms in total. The molecule has 0 aromatic heterocycles. The normalized spacial score (nSPS) is 25.7. The Kier molecular flexibility index (Phi) is 3.59. The molecule has 84 valence electrons. The maximum absolute atomic E-state index is 11.4. The Hall–Kier alpha value is -1.21. The lowest BCUT2D eigenvalue weighted by Gasteiger charge is -2.22. The van der Waals surface area contributed by atoms with Crippen LogP contribution in [0.5, 0.6) is 0 Å². The third-order valence-electron chi connectivity index (χ3n) is 2.13. The summed E-state index contributed by atoms with van der Waals surface area (Å²) in [7, 11) is 0. The molecular weight excluding hydrogens is 192 g/mol. The van der Waals surface area contributed by atoms with Gasteiger partial charge >= 0.3 is 6.09 Å². The Morgan fingerprint density at radius 3 is 2.73 bits per heavy atom. The summed E-state index contributed by atoms with van der Waals surface area (Å²) in [5, 5.41) is 5.90. The highest BCUT2D eigenvalue weighted by Gasteiger charge is 2.28. The van der Waals surface area contributed by atoms with Gasteiger partial charge in [0.15, 0.2) is 0 Å². The Bertz CT molecular complexity index is 275. The lowest BCUT2D eigenvalue weighted by Crippen LogP contribution is -2.42. The van der Waals surface area contributed by atoms with Crippen LogP contribution in [0.4, 0.5) is 4.79 Å². The smallest absolute Gasteiger partial charge is 0.407 e. The molecule has 1 heterocycles. The molecule has 0 aromatic carbocycles. The number of ether oxygens (including phenoxy) is 1. The Labute approximate surface area is 90.8 Å². The Morgan fingerprint density at radius 2 is 2.20 bits per heavy atom. The van der Waals surface area contributed by atoms with Crippen molar-refractivity contribution in [2.45, 2.75) is 32.4 Å². The quantitative estimate of drug-likeness (QED) is 0.627. The molecule has 0 unspecified atom stereocenters. The predicted octanol–water partition coefficient (Wildman–Crippen LogP) is 0.732. The van der Waals surface area contributed by atoms with E-state index in [-0.39, 0.29) is 12.0 Å². The fourth-order valence-corrected chi connectivity index (χ4v) is 1.46. The van der Waals surface area contributed by atoms with Crippen LogP contribution in [0.25, 0.3) is 0 Å². The molecule has 0 saturated carbocycles. The van der Waals surface area contributed by atoms with Crippen molar-refractivity contribution in [2.75, 3.05) is 13.1 Å². The second-order valence-electron chi connectivity index (χ2n) is 4.68. The molecule has 1 aliphatic rings. The van der Waals surface area contributed by atoms with Gasteiger partial charge in [0.05, 0.1) is 12.0 Å². The van der Waals surface area contributed by atoms with Crippen molar-refractivity contribution in [3.05, 3.63) is 0 Å². The van der Waals surface area contributed by atoms with E-state index in [1.807, 2.05) is 20.8 Å². The van der Waals surface area contributed by atoms with Crippen molar-refractivity contribution in [2.24, 2.45) is 5.92 Å². The zero-order valence-corrected chi connectivity index (χ0v) is 9.46. The third-order valence-corrected chi connectivity index (χ3v) is 2.13. The fourth-order valence-electron chi connectivity index (χ4n) is 1.46. The Morgan fingerprint density at radius 1 is 1.53 bits per heavy atom. The maximum Gasteiger partial charge on any atom is 0.407 e. The van der Waals surface area contributed by atoms with E-state index < -0.39 is 11.7 Å². The summed E-state index contributed by atoms with van der Waals surface area (Å²) >= 11 is 0. The van der Waals surface area contributed by atoms with Gasteiger partial charge in [0.1, 0.15) is 5.60 Å². The molecule has 1 fully saturated rings. The van der Waals surface area contributed by atoms with Crippen LogP contribution in [0.15, 0.2) is 0 Å². The number of amides is 1. The molecular formula is C11H18N2O2. The number of hydrogen-bond donors (Lipinski definition) is 2. The predicted molar refractivity (Wildman–Crippen MR) is 58.4 cm³/mol. The highest BCUT2D eigenvalue weighted by molar-refractivity contribution is 5.68. The highest BCUT2D eigenvalue weighted by atomic mass is 16.6. The Balaban J connectivity index is 2.42. The van der Waals surface area contributed by atoms with Gasteiger partial charge in [-0.05, 0) is 20.8 Å². The van der Waals surface area contributed by atoms with Gasteiger partial charge in [-0.1, -0.05) is 5.92 Å². The molecule has 1 rings (SSSR count).